The minimum atomic E-state index is -0.375. The third-order valence-corrected chi connectivity index (χ3v) is 5.60. The molecule has 0 saturated heterocycles. The molecule has 2 nitrogen and oxygen atoms in total. The van der Waals surface area contributed by atoms with Gasteiger partial charge in [-0.2, -0.15) is 0 Å². The van der Waals surface area contributed by atoms with Crippen LogP contribution in [0.25, 0.3) is 0 Å². The molecule has 25 heavy (non-hydrogen) atoms. The number of benzene rings is 3. The summed E-state index contributed by atoms with van der Waals surface area (Å²) in [6, 6.07) is 32.3. The average Bonchev–Trinajstić information content (AvgIpc) is 3.12. The minimum absolute atomic E-state index is 0.375. The monoisotopic (exact) mass is 438 g/mol. The van der Waals surface area contributed by atoms with Crippen LogP contribution in [0.1, 0.15) is 16.7 Å². The summed E-state index contributed by atoms with van der Waals surface area (Å²) in [7, 11) is 0. The van der Waals surface area contributed by atoms with Gasteiger partial charge in [0, 0.05) is 6.20 Å². The molecule has 0 aliphatic carbocycles. The van der Waals surface area contributed by atoms with E-state index in [1.807, 2.05) is 0 Å². The van der Waals surface area contributed by atoms with Gasteiger partial charge < -0.3 is 10.2 Å². The minimum Gasteiger partial charge on any atom is -0.372 e. The fourth-order valence-corrected chi connectivity index (χ4v) is 4.41. The molecule has 0 spiro atoms. The summed E-state index contributed by atoms with van der Waals surface area (Å²) in [6.45, 7) is 0.775. The summed E-state index contributed by atoms with van der Waals surface area (Å²) in [6.07, 6.45) is 2.09. The highest BCUT2D eigenvalue weighted by Gasteiger charge is 2.43. The first-order chi connectivity index (χ1) is 12.3. The van der Waals surface area contributed by atoms with Crippen LogP contribution < -0.4 is 5.32 Å². The molecule has 1 aliphatic heterocycles. The molecule has 0 saturated carbocycles. The van der Waals surface area contributed by atoms with Gasteiger partial charge in [0.25, 0.3) is 0 Å². The molecular formula is C22H19IN2. The largest absolute Gasteiger partial charge is 0.372 e. The Labute approximate surface area is 162 Å². The van der Waals surface area contributed by atoms with Gasteiger partial charge in [-0.25, -0.2) is 0 Å². The third-order valence-electron chi connectivity index (χ3n) is 4.71. The van der Waals surface area contributed by atoms with Gasteiger partial charge >= 0.3 is 0 Å². The second-order valence-corrected chi connectivity index (χ2v) is 7.17. The van der Waals surface area contributed by atoms with Crippen molar-refractivity contribution in [3.05, 3.63) is 118 Å². The molecule has 0 aromatic heterocycles. The van der Waals surface area contributed by atoms with Gasteiger partial charge in [0.05, 0.1) is 10.4 Å². The maximum Gasteiger partial charge on any atom is 0.118 e. The van der Waals surface area contributed by atoms with E-state index in [1.54, 1.807) is 0 Å². The zero-order valence-corrected chi connectivity index (χ0v) is 15.9. The Balaban J connectivity index is 2.07. The first-order valence-corrected chi connectivity index (χ1v) is 9.44. The standard InChI is InChI=1S/C22H19IN2/c23-21-16-24-17-25(21)22(18-10-4-1-5-11-18,19-12-6-2-7-13-19)20-14-8-3-9-15-20/h1-16,24H,17H2. The summed E-state index contributed by atoms with van der Waals surface area (Å²) in [5.41, 5.74) is 3.41. The van der Waals surface area contributed by atoms with Crippen molar-refractivity contribution < 1.29 is 0 Å². The molecule has 3 aromatic carbocycles. The van der Waals surface area contributed by atoms with Crippen LogP contribution in [0.3, 0.4) is 0 Å². The molecule has 0 radical (unpaired) electrons. The predicted octanol–water partition coefficient (Wildman–Crippen LogP) is 5.08. The van der Waals surface area contributed by atoms with Crippen molar-refractivity contribution in [3.63, 3.8) is 0 Å². The highest BCUT2D eigenvalue weighted by molar-refractivity contribution is 14.1. The number of rotatable bonds is 4. The first kappa shape index (κ1) is 16.2. The lowest BCUT2D eigenvalue weighted by atomic mass is 9.76. The van der Waals surface area contributed by atoms with Crippen molar-refractivity contribution in [2.75, 3.05) is 6.67 Å². The van der Waals surface area contributed by atoms with Gasteiger partial charge in [-0.15, -0.1) is 0 Å². The lowest BCUT2D eigenvalue weighted by molar-refractivity contribution is 0.239. The molecule has 0 unspecified atom stereocenters. The van der Waals surface area contributed by atoms with E-state index in [2.05, 4.69) is 130 Å². The Morgan fingerprint density at radius 3 is 1.40 bits per heavy atom. The van der Waals surface area contributed by atoms with E-state index in [-0.39, 0.29) is 5.54 Å². The Hall–Kier alpha value is -2.27. The fraction of sp³-hybridized carbons (Fsp3) is 0.0909. The zero-order chi connectivity index (χ0) is 17.1. The maximum absolute atomic E-state index is 3.39. The summed E-state index contributed by atoms with van der Waals surface area (Å²) in [5.74, 6) is 0. The van der Waals surface area contributed by atoms with Gasteiger partial charge in [0.2, 0.25) is 0 Å². The van der Waals surface area contributed by atoms with E-state index in [0.29, 0.717) is 0 Å². The summed E-state index contributed by atoms with van der Waals surface area (Å²) in [5, 5.41) is 3.39. The van der Waals surface area contributed by atoms with E-state index in [9.17, 15) is 0 Å². The van der Waals surface area contributed by atoms with Crippen LogP contribution in [0.5, 0.6) is 0 Å². The number of hydrogen-bond donors (Lipinski definition) is 1. The van der Waals surface area contributed by atoms with Gasteiger partial charge in [0.15, 0.2) is 0 Å². The molecule has 3 heteroatoms. The number of halogens is 1. The second kappa shape index (κ2) is 6.92. The Morgan fingerprint density at radius 1 is 0.680 bits per heavy atom. The van der Waals surface area contributed by atoms with Crippen LogP contribution in [-0.4, -0.2) is 11.6 Å². The SMILES string of the molecule is IC1=CNCN1C(c1ccccc1)(c1ccccc1)c1ccccc1. The average molecular weight is 438 g/mol. The molecule has 1 aliphatic rings. The summed E-state index contributed by atoms with van der Waals surface area (Å²) >= 11 is 2.42. The molecule has 124 valence electrons. The Kier molecular flexibility index (Phi) is 4.49. The number of nitrogens with zero attached hydrogens (tertiary/aromatic N) is 1. The maximum atomic E-state index is 3.39. The number of hydrogen-bond acceptors (Lipinski definition) is 2. The van der Waals surface area contributed by atoms with Crippen molar-refractivity contribution in [1.82, 2.24) is 10.2 Å². The van der Waals surface area contributed by atoms with E-state index < -0.39 is 0 Å². The normalized spacial score (nSPS) is 14.1. The fourth-order valence-electron chi connectivity index (χ4n) is 3.66. The lowest BCUT2D eigenvalue weighted by Gasteiger charge is -2.44. The van der Waals surface area contributed by atoms with Crippen LogP contribution in [0, 0.1) is 0 Å². The molecule has 3 aromatic rings. The molecule has 0 fully saturated rings. The lowest BCUT2D eigenvalue weighted by Crippen LogP contribution is -2.46. The van der Waals surface area contributed by atoms with Crippen LogP contribution >= 0.6 is 22.6 Å². The van der Waals surface area contributed by atoms with Crippen molar-refractivity contribution in [3.8, 4) is 0 Å². The Bertz CT molecular complexity index is 764. The molecule has 4 rings (SSSR count). The highest BCUT2D eigenvalue weighted by atomic mass is 127. The smallest absolute Gasteiger partial charge is 0.118 e. The summed E-state index contributed by atoms with van der Waals surface area (Å²) < 4.78 is 1.20. The number of nitrogens with one attached hydrogen (secondary N) is 1. The van der Waals surface area contributed by atoms with Crippen LogP contribution in [0.4, 0.5) is 0 Å². The van der Waals surface area contributed by atoms with Crippen molar-refractivity contribution in [2.24, 2.45) is 0 Å². The predicted molar refractivity (Wildman–Crippen MR) is 111 cm³/mol. The van der Waals surface area contributed by atoms with Gasteiger partial charge in [-0.3, -0.25) is 0 Å². The van der Waals surface area contributed by atoms with Gasteiger partial charge in [-0.05, 0) is 39.3 Å². The first-order valence-electron chi connectivity index (χ1n) is 8.37. The molecule has 0 amide bonds. The topological polar surface area (TPSA) is 15.3 Å². The van der Waals surface area contributed by atoms with Crippen LogP contribution in [-0.2, 0) is 5.54 Å². The quantitative estimate of drug-likeness (QED) is 0.348. The van der Waals surface area contributed by atoms with Gasteiger partial charge in [-0.1, -0.05) is 91.0 Å². The van der Waals surface area contributed by atoms with E-state index in [4.69, 9.17) is 0 Å². The second-order valence-electron chi connectivity index (χ2n) is 6.07. The highest BCUT2D eigenvalue weighted by Crippen LogP contribution is 2.45. The van der Waals surface area contributed by atoms with E-state index in [0.717, 1.165) is 6.67 Å². The van der Waals surface area contributed by atoms with Crippen LogP contribution in [0.2, 0.25) is 0 Å². The molecule has 1 heterocycles. The molecule has 1 N–H and O–H groups in total. The van der Waals surface area contributed by atoms with E-state index >= 15 is 0 Å². The van der Waals surface area contributed by atoms with Gasteiger partial charge in [0.1, 0.15) is 5.54 Å². The molecule has 0 atom stereocenters. The zero-order valence-electron chi connectivity index (χ0n) is 13.8. The Morgan fingerprint density at radius 2 is 1.08 bits per heavy atom. The van der Waals surface area contributed by atoms with Crippen LogP contribution in [0.15, 0.2) is 101 Å². The van der Waals surface area contributed by atoms with Crippen molar-refractivity contribution in [2.45, 2.75) is 5.54 Å². The van der Waals surface area contributed by atoms with Crippen molar-refractivity contribution in [1.29, 1.82) is 0 Å². The van der Waals surface area contributed by atoms with Crippen molar-refractivity contribution >= 4 is 22.6 Å². The van der Waals surface area contributed by atoms with E-state index in [1.165, 1.54) is 20.4 Å². The summed E-state index contributed by atoms with van der Waals surface area (Å²) in [4.78, 5) is 2.44. The third kappa shape index (κ3) is 2.72. The molecular weight excluding hydrogens is 419 g/mol. The molecule has 0 bridgehead atoms.